The molecule has 106 valence electrons. The van der Waals surface area contributed by atoms with E-state index in [9.17, 15) is 0 Å². The maximum absolute atomic E-state index is 6.08. The van der Waals surface area contributed by atoms with E-state index in [1.807, 2.05) is 12.1 Å². The highest BCUT2D eigenvalue weighted by Crippen LogP contribution is 2.20. The highest BCUT2D eigenvalue weighted by atomic mass is 35.5. The molecular formula is C13H19Cl2N3S. The molecule has 0 heterocycles. The van der Waals surface area contributed by atoms with Crippen LogP contribution in [-0.2, 0) is 6.54 Å². The first-order valence-electron chi connectivity index (χ1n) is 6.09. The van der Waals surface area contributed by atoms with Gasteiger partial charge in [-0.25, -0.2) is 0 Å². The fourth-order valence-corrected chi connectivity index (χ4v) is 2.15. The number of benzene rings is 1. The van der Waals surface area contributed by atoms with Crippen LogP contribution in [0, 0.1) is 0 Å². The molecule has 0 bridgehead atoms. The molecule has 0 atom stereocenters. The Balaban J connectivity index is 2.26. The van der Waals surface area contributed by atoms with E-state index >= 15 is 0 Å². The Morgan fingerprint density at radius 1 is 1.26 bits per heavy atom. The third kappa shape index (κ3) is 6.97. The second-order valence-electron chi connectivity index (χ2n) is 4.50. The van der Waals surface area contributed by atoms with E-state index in [1.54, 1.807) is 6.07 Å². The minimum absolute atomic E-state index is 0.593. The molecule has 19 heavy (non-hydrogen) atoms. The third-order valence-corrected chi connectivity index (χ3v) is 3.40. The molecular weight excluding hydrogens is 301 g/mol. The van der Waals surface area contributed by atoms with Gasteiger partial charge in [0.15, 0.2) is 5.11 Å². The lowest BCUT2D eigenvalue weighted by Gasteiger charge is -2.13. The molecule has 0 saturated heterocycles. The fraction of sp³-hybridized carbons (Fsp3) is 0.462. The first-order valence-corrected chi connectivity index (χ1v) is 7.26. The summed E-state index contributed by atoms with van der Waals surface area (Å²) in [5.74, 6) is 0. The Kier molecular flexibility index (Phi) is 7.46. The lowest BCUT2D eigenvalue weighted by atomic mass is 10.2. The largest absolute Gasteiger partial charge is 0.363 e. The van der Waals surface area contributed by atoms with Crippen LogP contribution in [-0.4, -0.2) is 37.2 Å². The van der Waals surface area contributed by atoms with Crippen molar-refractivity contribution in [3.8, 4) is 0 Å². The number of halogens is 2. The Morgan fingerprint density at radius 3 is 2.63 bits per heavy atom. The lowest BCUT2D eigenvalue weighted by Crippen LogP contribution is -2.36. The minimum atomic E-state index is 0.593. The van der Waals surface area contributed by atoms with Crippen molar-refractivity contribution < 1.29 is 0 Å². The van der Waals surface area contributed by atoms with Crippen LogP contribution in [0.3, 0.4) is 0 Å². The van der Waals surface area contributed by atoms with Crippen LogP contribution in [0.4, 0.5) is 0 Å². The van der Waals surface area contributed by atoms with Crippen molar-refractivity contribution in [2.45, 2.75) is 13.0 Å². The number of thiocarbonyl (C=S) groups is 1. The third-order valence-electron chi connectivity index (χ3n) is 2.52. The zero-order valence-electron chi connectivity index (χ0n) is 11.2. The zero-order chi connectivity index (χ0) is 14.3. The van der Waals surface area contributed by atoms with Crippen molar-refractivity contribution in [2.75, 3.05) is 27.2 Å². The summed E-state index contributed by atoms with van der Waals surface area (Å²) in [6.45, 7) is 2.49. The molecule has 2 N–H and O–H groups in total. The van der Waals surface area contributed by atoms with Gasteiger partial charge in [-0.3, -0.25) is 0 Å². The summed E-state index contributed by atoms with van der Waals surface area (Å²) < 4.78 is 0. The van der Waals surface area contributed by atoms with Crippen LogP contribution in [0.1, 0.15) is 12.0 Å². The van der Waals surface area contributed by atoms with Gasteiger partial charge >= 0.3 is 0 Å². The molecule has 0 saturated carbocycles. The van der Waals surface area contributed by atoms with Crippen molar-refractivity contribution in [1.82, 2.24) is 15.5 Å². The maximum atomic E-state index is 6.08. The summed E-state index contributed by atoms with van der Waals surface area (Å²) in [6, 6.07) is 5.44. The second-order valence-corrected chi connectivity index (χ2v) is 5.75. The molecule has 1 aromatic carbocycles. The van der Waals surface area contributed by atoms with Gasteiger partial charge in [-0.1, -0.05) is 29.3 Å². The van der Waals surface area contributed by atoms with Crippen molar-refractivity contribution in [1.29, 1.82) is 0 Å². The van der Waals surface area contributed by atoms with Gasteiger partial charge in [-0.05, 0) is 57.0 Å². The number of hydrogen-bond donors (Lipinski definition) is 2. The second kappa shape index (κ2) is 8.59. The summed E-state index contributed by atoms with van der Waals surface area (Å²) in [5, 5.41) is 8.22. The van der Waals surface area contributed by atoms with Gasteiger partial charge in [0, 0.05) is 23.1 Å². The van der Waals surface area contributed by atoms with Crippen LogP contribution in [0.25, 0.3) is 0 Å². The van der Waals surface area contributed by atoms with E-state index < -0.39 is 0 Å². The molecule has 0 fully saturated rings. The van der Waals surface area contributed by atoms with Crippen molar-refractivity contribution >= 4 is 40.5 Å². The van der Waals surface area contributed by atoms with Crippen LogP contribution < -0.4 is 10.6 Å². The zero-order valence-corrected chi connectivity index (χ0v) is 13.5. The smallest absolute Gasteiger partial charge is 0.166 e. The molecule has 0 amide bonds. The van der Waals surface area contributed by atoms with Gasteiger partial charge in [0.1, 0.15) is 0 Å². The highest BCUT2D eigenvalue weighted by Gasteiger charge is 2.02. The van der Waals surface area contributed by atoms with E-state index in [0.717, 1.165) is 25.1 Å². The average molecular weight is 320 g/mol. The van der Waals surface area contributed by atoms with Gasteiger partial charge < -0.3 is 15.5 Å². The van der Waals surface area contributed by atoms with Crippen LogP contribution >= 0.6 is 35.4 Å². The van der Waals surface area contributed by atoms with E-state index in [1.165, 1.54) is 0 Å². The Bertz CT molecular complexity index is 424. The molecule has 0 radical (unpaired) electrons. The lowest BCUT2D eigenvalue weighted by molar-refractivity contribution is 0.400. The van der Waals surface area contributed by atoms with Crippen molar-refractivity contribution in [3.05, 3.63) is 33.8 Å². The molecule has 1 aromatic rings. The highest BCUT2D eigenvalue weighted by molar-refractivity contribution is 7.80. The standard InChI is InChI=1S/C13H19Cl2N3S/c1-18(2)7-3-6-16-13(19)17-9-10-4-5-11(14)8-12(10)15/h4-5,8H,3,6-7,9H2,1-2H3,(H2,16,17,19). The normalized spacial score (nSPS) is 10.6. The summed E-state index contributed by atoms with van der Waals surface area (Å²) in [7, 11) is 4.11. The van der Waals surface area contributed by atoms with Gasteiger partial charge in [-0.15, -0.1) is 0 Å². The quantitative estimate of drug-likeness (QED) is 0.623. The Morgan fingerprint density at radius 2 is 2.00 bits per heavy atom. The number of nitrogens with zero attached hydrogens (tertiary/aromatic N) is 1. The molecule has 6 heteroatoms. The molecule has 0 aliphatic heterocycles. The summed E-state index contributed by atoms with van der Waals surface area (Å²) >= 11 is 17.1. The van der Waals surface area contributed by atoms with Crippen molar-refractivity contribution in [2.24, 2.45) is 0 Å². The summed E-state index contributed by atoms with van der Waals surface area (Å²) in [4.78, 5) is 2.14. The molecule has 0 aliphatic carbocycles. The topological polar surface area (TPSA) is 27.3 Å². The van der Waals surface area contributed by atoms with E-state index in [2.05, 4.69) is 29.6 Å². The predicted molar refractivity (Wildman–Crippen MR) is 87.1 cm³/mol. The number of rotatable bonds is 6. The van der Waals surface area contributed by atoms with Crippen molar-refractivity contribution in [3.63, 3.8) is 0 Å². The molecule has 0 unspecified atom stereocenters. The fourth-order valence-electron chi connectivity index (χ4n) is 1.50. The molecule has 3 nitrogen and oxygen atoms in total. The molecule has 0 aliphatic rings. The molecule has 1 rings (SSSR count). The van der Waals surface area contributed by atoms with Gasteiger partial charge in [-0.2, -0.15) is 0 Å². The van der Waals surface area contributed by atoms with E-state index in [4.69, 9.17) is 35.4 Å². The van der Waals surface area contributed by atoms with Gasteiger partial charge in [0.2, 0.25) is 0 Å². The Hall–Kier alpha value is -0.550. The maximum Gasteiger partial charge on any atom is 0.166 e. The monoisotopic (exact) mass is 319 g/mol. The summed E-state index contributed by atoms with van der Waals surface area (Å²) in [5.41, 5.74) is 0.975. The first kappa shape index (κ1) is 16.5. The molecule has 0 aromatic heterocycles. The van der Waals surface area contributed by atoms with E-state index in [0.29, 0.717) is 21.7 Å². The van der Waals surface area contributed by atoms with E-state index in [-0.39, 0.29) is 0 Å². The number of hydrogen-bond acceptors (Lipinski definition) is 2. The van der Waals surface area contributed by atoms with Crippen LogP contribution in [0.15, 0.2) is 18.2 Å². The average Bonchev–Trinajstić information content (AvgIpc) is 2.33. The molecule has 0 spiro atoms. The SMILES string of the molecule is CN(C)CCCNC(=S)NCc1ccc(Cl)cc1Cl. The first-order chi connectivity index (χ1) is 8.99. The predicted octanol–water partition coefficient (Wildman–Crippen LogP) is 2.91. The Labute approximate surface area is 130 Å². The summed E-state index contributed by atoms with van der Waals surface area (Å²) in [6.07, 6.45) is 1.05. The van der Waals surface area contributed by atoms with Crippen LogP contribution in [0.5, 0.6) is 0 Å². The van der Waals surface area contributed by atoms with Crippen LogP contribution in [0.2, 0.25) is 10.0 Å². The van der Waals surface area contributed by atoms with Gasteiger partial charge in [0.05, 0.1) is 0 Å². The minimum Gasteiger partial charge on any atom is -0.363 e. The number of nitrogens with one attached hydrogen (secondary N) is 2. The van der Waals surface area contributed by atoms with Gasteiger partial charge in [0.25, 0.3) is 0 Å².